The Morgan fingerprint density at radius 3 is 2.75 bits per heavy atom. The zero-order valence-corrected chi connectivity index (χ0v) is 7.76. The van der Waals surface area contributed by atoms with E-state index >= 15 is 0 Å². The van der Waals surface area contributed by atoms with Crippen LogP contribution in [0.25, 0.3) is 0 Å². The second-order valence-electron chi connectivity index (χ2n) is 2.03. The van der Waals surface area contributed by atoms with Crippen LogP contribution in [0.5, 0.6) is 6.01 Å². The summed E-state index contributed by atoms with van der Waals surface area (Å²) in [5.41, 5.74) is 5.41. The predicted octanol–water partition coefficient (Wildman–Crippen LogP) is 0.325. The highest BCUT2D eigenvalue weighted by Gasteiger charge is 2.02. The number of hydrogen-bond acceptors (Lipinski definition) is 6. The summed E-state index contributed by atoms with van der Waals surface area (Å²) in [4.78, 5) is 11.7. The largest absolute Gasteiger partial charge is 0.467 e. The maximum absolute atomic E-state index is 5.41. The molecule has 0 atom stereocenters. The number of hydrogen-bond donors (Lipinski definition) is 1. The van der Waals surface area contributed by atoms with E-state index in [0.29, 0.717) is 11.6 Å². The Hall–Kier alpha value is -1.04. The van der Waals surface area contributed by atoms with Gasteiger partial charge in [-0.05, 0) is 6.26 Å². The number of ether oxygens (including phenoxy) is 1. The van der Waals surface area contributed by atoms with Crippen LogP contribution in [0.1, 0.15) is 5.82 Å². The maximum Gasteiger partial charge on any atom is 0.321 e. The molecule has 0 spiro atoms. The highest BCUT2D eigenvalue weighted by Crippen LogP contribution is 2.08. The Morgan fingerprint density at radius 1 is 1.42 bits per heavy atom. The standard InChI is InChI=1S/C6H10N4OS/c1-11-6-9-4(3-12-2)8-5(7)10-6/h3H2,1-2H3,(H2,7,8,9,10). The van der Waals surface area contributed by atoms with E-state index in [1.165, 1.54) is 7.11 Å². The molecule has 2 N–H and O–H groups in total. The first-order chi connectivity index (χ1) is 5.76. The van der Waals surface area contributed by atoms with E-state index in [4.69, 9.17) is 10.5 Å². The first-order valence-corrected chi connectivity index (χ1v) is 4.69. The van der Waals surface area contributed by atoms with Crippen molar-refractivity contribution in [1.82, 2.24) is 15.0 Å². The van der Waals surface area contributed by atoms with Crippen molar-refractivity contribution in [3.05, 3.63) is 5.82 Å². The second-order valence-corrected chi connectivity index (χ2v) is 2.90. The van der Waals surface area contributed by atoms with Crippen LogP contribution in [0, 0.1) is 0 Å². The van der Waals surface area contributed by atoms with Gasteiger partial charge in [0.1, 0.15) is 5.82 Å². The molecule has 0 aliphatic rings. The van der Waals surface area contributed by atoms with Crippen LogP contribution in [0.4, 0.5) is 5.95 Å². The van der Waals surface area contributed by atoms with Crippen LogP contribution in [0.15, 0.2) is 0 Å². The zero-order valence-electron chi connectivity index (χ0n) is 6.94. The van der Waals surface area contributed by atoms with Gasteiger partial charge in [-0.25, -0.2) is 0 Å². The highest BCUT2D eigenvalue weighted by atomic mass is 32.2. The molecule has 1 heterocycles. The molecule has 0 aliphatic heterocycles. The monoisotopic (exact) mass is 186 g/mol. The quantitative estimate of drug-likeness (QED) is 0.733. The molecule has 0 unspecified atom stereocenters. The average molecular weight is 186 g/mol. The fourth-order valence-electron chi connectivity index (χ4n) is 0.701. The van der Waals surface area contributed by atoms with Gasteiger partial charge in [-0.15, -0.1) is 0 Å². The van der Waals surface area contributed by atoms with Gasteiger partial charge in [-0.1, -0.05) is 0 Å². The summed E-state index contributed by atoms with van der Waals surface area (Å²) in [7, 11) is 1.50. The topological polar surface area (TPSA) is 73.9 Å². The zero-order chi connectivity index (χ0) is 8.97. The average Bonchev–Trinajstić information content (AvgIpc) is 2.04. The molecule has 0 bridgehead atoms. The smallest absolute Gasteiger partial charge is 0.321 e. The minimum absolute atomic E-state index is 0.200. The summed E-state index contributed by atoms with van der Waals surface area (Å²) < 4.78 is 4.83. The summed E-state index contributed by atoms with van der Waals surface area (Å²) in [6.45, 7) is 0. The molecule has 1 aromatic heterocycles. The van der Waals surface area contributed by atoms with Crippen LogP contribution in [0.2, 0.25) is 0 Å². The molecule has 1 aromatic rings. The maximum atomic E-state index is 5.41. The van der Waals surface area contributed by atoms with Gasteiger partial charge >= 0.3 is 6.01 Å². The van der Waals surface area contributed by atoms with Crippen molar-refractivity contribution in [2.24, 2.45) is 0 Å². The summed E-state index contributed by atoms with van der Waals surface area (Å²) in [6, 6.07) is 0.270. The van der Waals surface area contributed by atoms with Crippen molar-refractivity contribution in [3.8, 4) is 6.01 Å². The number of thioether (sulfide) groups is 1. The molecule has 66 valence electrons. The second kappa shape index (κ2) is 4.10. The summed E-state index contributed by atoms with van der Waals surface area (Å²) in [6.07, 6.45) is 1.96. The van der Waals surface area contributed by atoms with Gasteiger partial charge in [0.2, 0.25) is 5.95 Å². The van der Waals surface area contributed by atoms with Gasteiger partial charge in [0.05, 0.1) is 12.9 Å². The molecule has 0 aromatic carbocycles. The lowest BCUT2D eigenvalue weighted by Crippen LogP contribution is -2.04. The third kappa shape index (κ3) is 2.23. The van der Waals surface area contributed by atoms with Gasteiger partial charge < -0.3 is 10.5 Å². The van der Waals surface area contributed by atoms with E-state index in [1.54, 1.807) is 11.8 Å². The van der Waals surface area contributed by atoms with E-state index in [-0.39, 0.29) is 12.0 Å². The van der Waals surface area contributed by atoms with E-state index in [9.17, 15) is 0 Å². The molecular formula is C6H10N4OS. The van der Waals surface area contributed by atoms with Crippen molar-refractivity contribution in [2.45, 2.75) is 5.75 Å². The van der Waals surface area contributed by atoms with Gasteiger partial charge in [0, 0.05) is 0 Å². The van der Waals surface area contributed by atoms with Gasteiger partial charge in [-0.3, -0.25) is 0 Å². The first kappa shape index (κ1) is 9.05. The van der Waals surface area contributed by atoms with Crippen molar-refractivity contribution < 1.29 is 4.74 Å². The summed E-state index contributed by atoms with van der Waals surface area (Å²) in [5, 5.41) is 0. The number of aromatic nitrogens is 3. The fraction of sp³-hybridized carbons (Fsp3) is 0.500. The Labute approximate surface area is 74.8 Å². The lowest BCUT2D eigenvalue weighted by atomic mass is 10.7. The normalized spacial score (nSPS) is 9.83. The molecular weight excluding hydrogens is 176 g/mol. The van der Waals surface area contributed by atoms with Gasteiger partial charge in [0.15, 0.2) is 0 Å². The number of rotatable bonds is 3. The Balaban J connectivity index is 2.90. The molecule has 0 amide bonds. The summed E-state index contributed by atoms with van der Waals surface area (Å²) in [5.74, 6) is 1.56. The molecule has 0 fully saturated rings. The van der Waals surface area contributed by atoms with E-state index in [1.807, 2.05) is 6.26 Å². The fourth-order valence-corrected chi connectivity index (χ4v) is 1.09. The Kier molecular flexibility index (Phi) is 3.09. The number of nitrogens with two attached hydrogens (primary N) is 1. The van der Waals surface area contributed by atoms with Crippen molar-refractivity contribution in [3.63, 3.8) is 0 Å². The van der Waals surface area contributed by atoms with Crippen molar-refractivity contribution in [1.29, 1.82) is 0 Å². The van der Waals surface area contributed by atoms with Crippen LogP contribution < -0.4 is 10.5 Å². The van der Waals surface area contributed by atoms with Gasteiger partial charge in [0.25, 0.3) is 0 Å². The molecule has 1 rings (SSSR count). The number of anilines is 1. The van der Waals surface area contributed by atoms with E-state index < -0.39 is 0 Å². The highest BCUT2D eigenvalue weighted by molar-refractivity contribution is 7.97. The third-order valence-corrected chi connectivity index (χ3v) is 1.68. The Bertz CT molecular complexity index is 268. The molecule has 6 heteroatoms. The van der Waals surface area contributed by atoms with Crippen LogP contribution >= 0.6 is 11.8 Å². The summed E-state index contributed by atoms with van der Waals surface area (Å²) >= 11 is 1.62. The van der Waals surface area contributed by atoms with E-state index in [2.05, 4.69) is 15.0 Å². The predicted molar refractivity (Wildman–Crippen MR) is 48.0 cm³/mol. The first-order valence-electron chi connectivity index (χ1n) is 3.29. The van der Waals surface area contributed by atoms with Gasteiger partial charge in [-0.2, -0.15) is 26.7 Å². The molecule has 0 saturated heterocycles. The SMILES string of the molecule is COc1nc(N)nc(CSC)n1. The number of nitrogens with zero attached hydrogens (tertiary/aromatic N) is 3. The molecule has 0 aliphatic carbocycles. The molecule has 5 nitrogen and oxygen atoms in total. The minimum Gasteiger partial charge on any atom is -0.467 e. The number of nitrogen functional groups attached to an aromatic ring is 1. The van der Waals surface area contributed by atoms with Crippen molar-refractivity contribution >= 4 is 17.7 Å². The van der Waals surface area contributed by atoms with Crippen LogP contribution in [-0.4, -0.2) is 28.3 Å². The molecule has 0 saturated carbocycles. The minimum atomic E-state index is 0.200. The Morgan fingerprint density at radius 2 is 2.17 bits per heavy atom. The lowest BCUT2D eigenvalue weighted by Gasteiger charge is -2.01. The van der Waals surface area contributed by atoms with Crippen LogP contribution in [0.3, 0.4) is 0 Å². The van der Waals surface area contributed by atoms with E-state index in [0.717, 1.165) is 0 Å². The van der Waals surface area contributed by atoms with Crippen molar-refractivity contribution in [2.75, 3.05) is 19.1 Å². The third-order valence-electron chi connectivity index (χ3n) is 1.13. The number of methoxy groups -OCH3 is 1. The molecule has 0 radical (unpaired) electrons. The van der Waals surface area contributed by atoms with Crippen LogP contribution in [-0.2, 0) is 5.75 Å². The lowest BCUT2D eigenvalue weighted by molar-refractivity contribution is 0.377. The molecule has 12 heavy (non-hydrogen) atoms.